The number of hydrogen-bond donors (Lipinski definition) is 2. The molecule has 0 atom stereocenters. The minimum absolute atomic E-state index is 0.0818. The van der Waals surface area contributed by atoms with Gasteiger partial charge in [-0.25, -0.2) is 0 Å². The summed E-state index contributed by atoms with van der Waals surface area (Å²) in [6.07, 6.45) is 0. The van der Waals surface area contributed by atoms with Crippen LogP contribution in [0.4, 0.5) is 0 Å². The molecule has 0 unspecified atom stereocenters. The van der Waals surface area contributed by atoms with Crippen LogP contribution in [-0.4, -0.2) is 10.1 Å². The fraction of sp³-hybridized carbons (Fsp3) is 0.263. The number of fused-ring (bicyclic) bond motifs is 1. The molecule has 0 amide bonds. The highest BCUT2D eigenvalue weighted by Crippen LogP contribution is 2.41. The topological polar surface area (TPSA) is 76.9 Å². The maximum absolute atomic E-state index is 11.5. The molecule has 0 saturated heterocycles. The van der Waals surface area contributed by atoms with Crippen molar-refractivity contribution < 1.29 is 5.11 Å². The van der Waals surface area contributed by atoms with Crippen LogP contribution < -0.4 is 5.56 Å². The normalized spacial score (nSPS) is 11.6. The highest BCUT2D eigenvalue weighted by atomic mass is 32.2. The number of thiophene rings is 1. The summed E-state index contributed by atoms with van der Waals surface area (Å²) < 4.78 is 1.34. The van der Waals surface area contributed by atoms with Crippen molar-refractivity contribution in [1.29, 1.82) is 5.26 Å². The molecule has 4 nitrogen and oxygen atoms in total. The van der Waals surface area contributed by atoms with Gasteiger partial charge in [0.25, 0.3) is 5.56 Å². The van der Waals surface area contributed by atoms with Crippen molar-refractivity contribution in [2.24, 2.45) is 0 Å². The van der Waals surface area contributed by atoms with Gasteiger partial charge < -0.3 is 10.1 Å². The Labute approximate surface area is 154 Å². The molecule has 0 bridgehead atoms. The molecule has 2 heterocycles. The van der Waals surface area contributed by atoms with Crippen LogP contribution in [0.5, 0.6) is 5.75 Å². The van der Waals surface area contributed by atoms with Crippen LogP contribution in [0.1, 0.15) is 37.5 Å². The lowest BCUT2D eigenvalue weighted by molar-refractivity contribution is 0.481. The number of nitrogens with zero attached hydrogens (tertiary/aromatic N) is 1. The number of rotatable bonds is 3. The highest BCUT2D eigenvalue weighted by Gasteiger charge is 2.17. The Hall–Kier alpha value is -2.23. The van der Waals surface area contributed by atoms with Gasteiger partial charge in [-0.2, -0.15) is 5.26 Å². The van der Waals surface area contributed by atoms with E-state index in [1.165, 1.54) is 16.9 Å². The van der Waals surface area contributed by atoms with Crippen molar-refractivity contribution >= 4 is 33.3 Å². The van der Waals surface area contributed by atoms with E-state index < -0.39 is 5.56 Å². The molecular formula is C19H18N2O2S2. The van der Waals surface area contributed by atoms with Crippen molar-refractivity contribution in [3.8, 4) is 11.8 Å². The van der Waals surface area contributed by atoms with Crippen LogP contribution in [0, 0.1) is 11.3 Å². The van der Waals surface area contributed by atoms with Crippen LogP contribution in [0.25, 0.3) is 10.2 Å². The number of aromatic hydroxyl groups is 1. The predicted octanol–water partition coefficient (Wildman–Crippen LogP) is 4.76. The summed E-state index contributed by atoms with van der Waals surface area (Å²) in [6, 6.07) is 11.8. The van der Waals surface area contributed by atoms with E-state index in [-0.39, 0.29) is 11.2 Å². The molecule has 0 aliphatic rings. The van der Waals surface area contributed by atoms with Gasteiger partial charge in [0.1, 0.15) is 17.4 Å². The molecular weight excluding hydrogens is 352 g/mol. The van der Waals surface area contributed by atoms with Crippen LogP contribution in [-0.2, 0) is 11.2 Å². The zero-order chi connectivity index (χ0) is 18.2. The summed E-state index contributed by atoms with van der Waals surface area (Å²) in [5, 5.41) is 19.4. The number of nitriles is 1. The Bertz CT molecular complexity index is 1020. The van der Waals surface area contributed by atoms with Gasteiger partial charge in [0.15, 0.2) is 0 Å². The van der Waals surface area contributed by atoms with Gasteiger partial charge in [-0.1, -0.05) is 45.0 Å². The predicted molar refractivity (Wildman–Crippen MR) is 104 cm³/mol. The number of H-pyrrole nitrogens is 1. The molecule has 6 heteroatoms. The van der Waals surface area contributed by atoms with E-state index in [9.17, 15) is 15.2 Å². The van der Waals surface area contributed by atoms with Crippen LogP contribution in [0.2, 0.25) is 0 Å². The number of nitrogens with one attached hydrogen (secondary N) is 1. The molecule has 0 radical (unpaired) electrons. The first kappa shape index (κ1) is 17.6. The van der Waals surface area contributed by atoms with Gasteiger partial charge in [0, 0.05) is 11.8 Å². The molecule has 0 fully saturated rings. The van der Waals surface area contributed by atoms with Gasteiger partial charge in [-0.3, -0.25) is 4.79 Å². The molecule has 128 valence electrons. The first-order valence-corrected chi connectivity index (χ1v) is 9.61. The minimum atomic E-state index is -0.409. The molecule has 3 rings (SSSR count). The number of aromatic nitrogens is 1. The van der Waals surface area contributed by atoms with E-state index in [1.54, 1.807) is 11.8 Å². The number of thioether (sulfide) groups is 1. The molecule has 25 heavy (non-hydrogen) atoms. The summed E-state index contributed by atoms with van der Waals surface area (Å²) in [6.45, 7) is 6.54. The van der Waals surface area contributed by atoms with Gasteiger partial charge in [-0.05, 0) is 16.5 Å². The zero-order valence-corrected chi connectivity index (χ0v) is 15.8. The van der Waals surface area contributed by atoms with E-state index in [1.807, 2.05) is 0 Å². The van der Waals surface area contributed by atoms with Gasteiger partial charge in [0.05, 0.1) is 14.4 Å². The third kappa shape index (κ3) is 3.58. The van der Waals surface area contributed by atoms with Crippen molar-refractivity contribution in [3.05, 3.63) is 57.4 Å². The van der Waals surface area contributed by atoms with E-state index in [2.05, 4.69) is 56.1 Å². The monoisotopic (exact) mass is 370 g/mol. The molecule has 0 spiro atoms. The molecule has 0 aliphatic heterocycles. The van der Waals surface area contributed by atoms with Gasteiger partial charge >= 0.3 is 0 Å². The molecule has 2 aromatic heterocycles. The summed E-state index contributed by atoms with van der Waals surface area (Å²) in [5.41, 5.74) is 3.00. The molecule has 0 saturated carbocycles. The fourth-order valence-corrected chi connectivity index (χ4v) is 4.81. The first-order chi connectivity index (χ1) is 11.8. The summed E-state index contributed by atoms with van der Waals surface area (Å²) in [7, 11) is 0. The maximum atomic E-state index is 11.5. The maximum Gasteiger partial charge on any atom is 0.252 e. The SMILES string of the molecule is CC(C)(C)c1ccc(CSc2sc3c(O)cc(=O)[nH]c3c2C#N)cc1. The number of benzene rings is 1. The lowest BCUT2D eigenvalue weighted by atomic mass is 9.87. The Morgan fingerprint density at radius 2 is 1.96 bits per heavy atom. The summed E-state index contributed by atoms with van der Waals surface area (Å²) in [5.74, 6) is 0.637. The molecule has 1 aromatic carbocycles. The zero-order valence-electron chi connectivity index (χ0n) is 14.2. The van der Waals surface area contributed by atoms with E-state index in [0.29, 0.717) is 15.8 Å². The molecule has 2 N–H and O–H groups in total. The largest absolute Gasteiger partial charge is 0.506 e. The van der Waals surface area contributed by atoms with E-state index in [0.717, 1.165) is 21.6 Å². The summed E-state index contributed by atoms with van der Waals surface area (Å²) in [4.78, 5) is 14.2. The van der Waals surface area contributed by atoms with Crippen LogP contribution >= 0.6 is 23.1 Å². The lowest BCUT2D eigenvalue weighted by Gasteiger charge is -2.19. The summed E-state index contributed by atoms with van der Waals surface area (Å²) >= 11 is 2.87. The van der Waals surface area contributed by atoms with Crippen LogP contribution in [0.15, 0.2) is 39.3 Å². The number of hydrogen-bond acceptors (Lipinski definition) is 5. The van der Waals surface area contributed by atoms with Crippen molar-refractivity contribution in [2.45, 2.75) is 36.1 Å². The average Bonchev–Trinajstić information content (AvgIpc) is 2.90. The van der Waals surface area contributed by atoms with Crippen molar-refractivity contribution in [3.63, 3.8) is 0 Å². The number of pyridine rings is 1. The van der Waals surface area contributed by atoms with Crippen molar-refractivity contribution in [2.75, 3.05) is 0 Å². The average molecular weight is 370 g/mol. The standard InChI is InChI=1S/C19H18N2O2S2/c1-19(2,3)12-6-4-11(5-7-12)10-24-18-13(9-20)16-17(25-18)14(22)8-15(23)21-16/h4-8H,10H2,1-3H3,(H2,21,22,23). The Kier molecular flexibility index (Phi) is 4.63. The van der Waals surface area contributed by atoms with E-state index >= 15 is 0 Å². The van der Waals surface area contributed by atoms with Gasteiger partial charge in [0.2, 0.25) is 0 Å². The van der Waals surface area contributed by atoms with Crippen LogP contribution in [0.3, 0.4) is 0 Å². The molecule has 0 aliphatic carbocycles. The minimum Gasteiger partial charge on any atom is -0.506 e. The first-order valence-electron chi connectivity index (χ1n) is 7.80. The molecule has 3 aromatic rings. The quantitative estimate of drug-likeness (QED) is 0.652. The van der Waals surface area contributed by atoms with Crippen molar-refractivity contribution in [1.82, 2.24) is 4.98 Å². The Morgan fingerprint density at radius 3 is 2.56 bits per heavy atom. The Morgan fingerprint density at radius 1 is 1.28 bits per heavy atom. The Balaban J connectivity index is 1.88. The number of aromatic amines is 1. The highest BCUT2D eigenvalue weighted by molar-refractivity contribution is 8.00. The van der Waals surface area contributed by atoms with E-state index in [4.69, 9.17) is 0 Å². The van der Waals surface area contributed by atoms with Gasteiger partial charge in [-0.15, -0.1) is 23.1 Å². The second kappa shape index (κ2) is 6.58. The third-order valence-corrected chi connectivity index (χ3v) is 6.48. The second-order valence-corrected chi connectivity index (χ2v) is 9.10. The lowest BCUT2D eigenvalue weighted by Crippen LogP contribution is -2.10. The smallest absolute Gasteiger partial charge is 0.252 e. The fourth-order valence-electron chi connectivity index (χ4n) is 2.51. The third-order valence-electron chi connectivity index (χ3n) is 3.93. The second-order valence-electron chi connectivity index (χ2n) is 6.83.